The smallest absolute Gasteiger partial charge is 0.291 e. The summed E-state index contributed by atoms with van der Waals surface area (Å²) in [7, 11) is 0. The van der Waals surface area contributed by atoms with E-state index in [1.165, 1.54) is 0 Å². The maximum Gasteiger partial charge on any atom is 0.291 e. The van der Waals surface area contributed by atoms with Crippen molar-refractivity contribution in [2.75, 3.05) is 36.4 Å². The molecule has 1 saturated heterocycles. The molecule has 6 nitrogen and oxygen atoms in total. The van der Waals surface area contributed by atoms with E-state index in [1.807, 2.05) is 72.5 Å². The molecular formula is C29H26ClN3O3. The van der Waals surface area contributed by atoms with E-state index in [0.29, 0.717) is 29.6 Å². The number of nitrogens with one attached hydrogen (secondary N) is 1. The van der Waals surface area contributed by atoms with Crippen LogP contribution in [0.4, 0.5) is 11.4 Å². The Morgan fingerprint density at radius 1 is 0.833 bits per heavy atom. The van der Waals surface area contributed by atoms with Crippen molar-refractivity contribution in [2.24, 2.45) is 0 Å². The van der Waals surface area contributed by atoms with E-state index in [2.05, 4.69) is 10.2 Å². The lowest BCUT2D eigenvalue weighted by Crippen LogP contribution is -2.48. The van der Waals surface area contributed by atoms with Crippen LogP contribution in [0.5, 0.6) is 0 Å². The van der Waals surface area contributed by atoms with Gasteiger partial charge in [-0.05, 0) is 79.2 Å². The third kappa shape index (κ3) is 5.14. The number of carbonyl (C=O) groups is 2. The number of halogens is 1. The van der Waals surface area contributed by atoms with Gasteiger partial charge < -0.3 is 19.5 Å². The summed E-state index contributed by atoms with van der Waals surface area (Å²) in [5.41, 5.74) is 4.35. The SMILES string of the molecule is Cc1ccccc1C(=O)N1CCN(c2ccc(NC(=O)c3ccc(-c4ccc(Cl)cc4)o3)cc2)CC1. The molecule has 0 bridgehead atoms. The molecule has 7 heteroatoms. The number of anilines is 2. The fourth-order valence-electron chi connectivity index (χ4n) is 4.33. The molecule has 0 radical (unpaired) electrons. The number of hydrogen-bond acceptors (Lipinski definition) is 4. The molecule has 1 N–H and O–H groups in total. The average molecular weight is 500 g/mol. The van der Waals surface area contributed by atoms with Crippen molar-refractivity contribution >= 4 is 34.8 Å². The van der Waals surface area contributed by atoms with Gasteiger partial charge in [-0.1, -0.05) is 29.8 Å². The lowest BCUT2D eigenvalue weighted by Gasteiger charge is -2.36. The fraction of sp³-hybridized carbons (Fsp3) is 0.172. The molecule has 1 fully saturated rings. The molecule has 1 aliphatic heterocycles. The van der Waals surface area contributed by atoms with E-state index in [-0.39, 0.29) is 17.6 Å². The lowest BCUT2D eigenvalue weighted by atomic mass is 10.1. The molecule has 5 rings (SSSR count). The second-order valence-corrected chi connectivity index (χ2v) is 9.20. The van der Waals surface area contributed by atoms with Crippen LogP contribution in [0.25, 0.3) is 11.3 Å². The highest BCUT2D eigenvalue weighted by molar-refractivity contribution is 6.30. The number of aryl methyl sites for hydroxylation is 1. The molecule has 4 aromatic rings. The van der Waals surface area contributed by atoms with Crippen LogP contribution in [0.15, 0.2) is 89.3 Å². The maximum atomic E-state index is 12.9. The second kappa shape index (κ2) is 10.3. The predicted molar refractivity (Wildman–Crippen MR) is 143 cm³/mol. The Morgan fingerprint density at radius 2 is 1.53 bits per heavy atom. The van der Waals surface area contributed by atoms with Crippen LogP contribution in [0, 0.1) is 6.92 Å². The van der Waals surface area contributed by atoms with E-state index in [0.717, 1.165) is 35.5 Å². The summed E-state index contributed by atoms with van der Waals surface area (Å²) in [5, 5.41) is 3.53. The van der Waals surface area contributed by atoms with Crippen molar-refractivity contribution in [1.82, 2.24) is 4.90 Å². The van der Waals surface area contributed by atoms with E-state index in [4.69, 9.17) is 16.0 Å². The second-order valence-electron chi connectivity index (χ2n) is 8.77. The molecule has 0 saturated carbocycles. The number of hydrogen-bond donors (Lipinski definition) is 1. The summed E-state index contributed by atoms with van der Waals surface area (Å²) < 4.78 is 5.74. The highest BCUT2D eigenvalue weighted by Gasteiger charge is 2.23. The van der Waals surface area contributed by atoms with Crippen molar-refractivity contribution in [2.45, 2.75) is 6.92 Å². The lowest BCUT2D eigenvalue weighted by molar-refractivity contribution is 0.0746. The van der Waals surface area contributed by atoms with Gasteiger partial charge in [0.05, 0.1) is 0 Å². The quantitative estimate of drug-likeness (QED) is 0.359. The van der Waals surface area contributed by atoms with Crippen LogP contribution in [-0.2, 0) is 0 Å². The number of rotatable bonds is 5. The number of furan rings is 1. The van der Waals surface area contributed by atoms with Gasteiger partial charge in [-0.3, -0.25) is 9.59 Å². The minimum atomic E-state index is -0.314. The molecule has 3 aromatic carbocycles. The zero-order valence-electron chi connectivity index (χ0n) is 19.9. The first-order valence-corrected chi connectivity index (χ1v) is 12.2. The molecule has 0 atom stereocenters. The van der Waals surface area contributed by atoms with Gasteiger partial charge in [-0.25, -0.2) is 0 Å². The van der Waals surface area contributed by atoms with E-state index in [9.17, 15) is 9.59 Å². The molecule has 0 aliphatic carbocycles. The van der Waals surface area contributed by atoms with Crippen LogP contribution < -0.4 is 10.2 Å². The Morgan fingerprint density at radius 3 is 2.22 bits per heavy atom. The Bertz CT molecular complexity index is 1370. The number of piperazine rings is 1. The normalized spacial score (nSPS) is 13.5. The Labute approximate surface area is 215 Å². The van der Waals surface area contributed by atoms with Crippen LogP contribution in [0.3, 0.4) is 0 Å². The van der Waals surface area contributed by atoms with Gasteiger partial charge in [0, 0.05) is 53.7 Å². The van der Waals surface area contributed by atoms with Gasteiger partial charge in [-0.2, -0.15) is 0 Å². The van der Waals surface area contributed by atoms with Crippen LogP contribution >= 0.6 is 11.6 Å². The van der Waals surface area contributed by atoms with Gasteiger partial charge in [-0.15, -0.1) is 0 Å². The van der Waals surface area contributed by atoms with Gasteiger partial charge in [0.15, 0.2) is 5.76 Å². The topological polar surface area (TPSA) is 65.8 Å². The van der Waals surface area contributed by atoms with Gasteiger partial charge in [0.2, 0.25) is 0 Å². The number of nitrogens with zero attached hydrogens (tertiary/aromatic N) is 2. The van der Waals surface area contributed by atoms with Gasteiger partial charge in [0.1, 0.15) is 5.76 Å². The van der Waals surface area contributed by atoms with Crippen molar-refractivity contribution in [3.8, 4) is 11.3 Å². The first-order valence-electron chi connectivity index (χ1n) is 11.8. The van der Waals surface area contributed by atoms with Crippen LogP contribution in [-0.4, -0.2) is 42.9 Å². The molecule has 0 spiro atoms. The summed E-state index contributed by atoms with van der Waals surface area (Å²) in [5.74, 6) is 0.611. The highest BCUT2D eigenvalue weighted by Crippen LogP contribution is 2.25. The maximum absolute atomic E-state index is 12.9. The molecule has 2 heterocycles. The minimum Gasteiger partial charge on any atom is -0.451 e. The summed E-state index contributed by atoms with van der Waals surface area (Å²) in [6.07, 6.45) is 0. The Balaban J connectivity index is 1.17. The molecule has 182 valence electrons. The van der Waals surface area contributed by atoms with Crippen molar-refractivity contribution in [3.63, 3.8) is 0 Å². The van der Waals surface area contributed by atoms with Crippen molar-refractivity contribution < 1.29 is 14.0 Å². The van der Waals surface area contributed by atoms with Crippen LogP contribution in [0.1, 0.15) is 26.5 Å². The summed E-state index contributed by atoms with van der Waals surface area (Å²) >= 11 is 5.94. The molecule has 1 aromatic heterocycles. The molecular weight excluding hydrogens is 474 g/mol. The highest BCUT2D eigenvalue weighted by atomic mass is 35.5. The van der Waals surface area contributed by atoms with E-state index >= 15 is 0 Å². The van der Waals surface area contributed by atoms with Crippen molar-refractivity contribution in [1.29, 1.82) is 0 Å². The standard InChI is InChI=1S/C29H26ClN3O3/c1-20-4-2-3-5-25(20)29(35)33-18-16-32(17-19-33)24-12-10-23(11-13-24)31-28(34)27-15-14-26(36-27)21-6-8-22(30)9-7-21/h2-15H,16-19H2,1H3,(H,31,34). The van der Waals surface area contributed by atoms with Gasteiger partial charge in [0.25, 0.3) is 11.8 Å². The third-order valence-corrected chi connectivity index (χ3v) is 6.64. The predicted octanol–water partition coefficient (Wildman–Crippen LogP) is 6.12. The van der Waals surface area contributed by atoms with Crippen LogP contribution in [0.2, 0.25) is 5.02 Å². The zero-order chi connectivity index (χ0) is 25.1. The fourth-order valence-corrected chi connectivity index (χ4v) is 4.45. The molecule has 0 unspecified atom stereocenters. The monoisotopic (exact) mass is 499 g/mol. The summed E-state index contributed by atoms with van der Waals surface area (Å²) in [4.78, 5) is 29.7. The first-order chi connectivity index (χ1) is 17.5. The van der Waals surface area contributed by atoms with Gasteiger partial charge >= 0.3 is 0 Å². The molecule has 1 aliphatic rings. The van der Waals surface area contributed by atoms with Crippen molar-refractivity contribution in [3.05, 3.63) is 107 Å². The molecule has 2 amide bonds. The molecule has 36 heavy (non-hydrogen) atoms. The Kier molecular flexibility index (Phi) is 6.78. The number of carbonyl (C=O) groups excluding carboxylic acids is 2. The third-order valence-electron chi connectivity index (χ3n) is 6.39. The van der Waals surface area contributed by atoms with E-state index < -0.39 is 0 Å². The zero-order valence-corrected chi connectivity index (χ0v) is 20.7. The largest absolute Gasteiger partial charge is 0.451 e. The number of benzene rings is 3. The average Bonchev–Trinajstić information content (AvgIpc) is 3.40. The first kappa shape index (κ1) is 23.7. The summed E-state index contributed by atoms with van der Waals surface area (Å²) in [6, 6.07) is 26.1. The number of amides is 2. The Hall–Kier alpha value is -4.03. The summed E-state index contributed by atoms with van der Waals surface area (Å²) in [6.45, 7) is 4.81. The van der Waals surface area contributed by atoms with E-state index in [1.54, 1.807) is 24.3 Å². The minimum absolute atomic E-state index is 0.0861.